The molecule has 4 heteroatoms. The highest BCUT2D eigenvalue weighted by Crippen LogP contribution is 2.17. The summed E-state index contributed by atoms with van der Waals surface area (Å²) < 4.78 is 0. The van der Waals surface area contributed by atoms with E-state index in [0.29, 0.717) is 6.04 Å². The number of hydrogen-bond donors (Lipinski definition) is 1. The second-order valence-electron chi connectivity index (χ2n) is 5.78. The molecule has 0 aliphatic carbocycles. The zero-order chi connectivity index (χ0) is 14.9. The SMILES string of the molecule is CCN(CC)CCCNC1CCN(c2ccccn2)CC1. The molecule has 1 fully saturated rings. The minimum absolute atomic E-state index is 0.682. The molecule has 0 spiro atoms. The summed E-state index contributed by atoms with van der Waals surface area (Å²) in [5, 5.41) is 3.72. The Balaban J connectivity index is 1.61. The van der Waals surface area contributed by atoms with Gasteiger partial charge in [-0.15, -0.1) is 0 Å². The van der Waals surface area contributed by atoms with E-state index in [9.17, 15) is 0 Å². The van der Waals surface area contributed by atoms with Crippen LogP contribution >= 0.6 is 0 Å². The number of anilines is 1. The average molecular weight is 290 g/mol. The number of piperidine rings is 1. The fourth-order valence-electron chi connectivity index (χ4n) is 3.00. The molecule has 2 rings (SSSR count). The van der Waals surface area contributed by atoms with E-state index in [4.69, 9.17) is 0 Å². The average Bonchev–Trinajstić information content (AvgIpc) is 2.56. The van der Waals surface area contributed by atoms with Gasteiger partial charge in [-0.1, -0.05) is 19.9 Å². The third kappa shape index (κ3) is 5.29. The molecule has 0 unspecified atom stereocenters. The standard InChI is InChI=1S/C17H30N4/c1-3-20(4-2)13-7-12-18-16-9-14-21(15-10-16)17-8-5-6-11-19-17/h5-6,8,11,16,18H,3-4,7,9-10,12-15H2,1-2H3. The molecule has 2 heterocycles. The van der Waals surface area contributed by atoms with Gasteiger partial charge in [0.25, 0.3) is 0 Å². The van der Waals surface area contributed by atoms with Crippen molar-refractivity contribution in [1.82, 2.24) is 15.2 Å². The Morgan fingerprint density at radius 3 is 2.62 bits per heavy atom. The normalized spacial score (nSPS) is 16.6. The molecule has 1 aromatic heterocycles. The third-order valence-electron chi connectivity index (χ3n) is 4.45. The fraction of sp³-hybridized carbons (Fsp3) is 0.706. The van der Waals surface area contributed by atoms with Crippen molar-refractivity contribution in [2.24, 2.45) is 0 Å². The quantitative estimate of drug-likeness (QED) is 0.745. The molecule has 21 heavy (non-hydrogen) atoms. The van der Waals surface area contributed by atoms with E-state index in [1.807, 2.05) is 12.3 Å². The summed E-state index contributed by atoms with van der Waals surface area (Å²) in [6, 6.07) is 6.84. The van der Waals surface area contributed by atoms with Crippen LogP contribution in [0.15, 0.2) is 24.4 Å². The van der Waals surface area contributed by atoms with E-state index < -0.39 is 0 Å². The molecule has 0 bridgehead atoms. The first-order valence-electron chi connectivity index (χ1n) is 8.45. The maximum Gasteiger partial charge on any atom is 0.128 e. The Bertz CT molecular complexity index is 370. The van der Waals surface area contributed by atoms with Gasteiger partial charge >= 0.3 is 0 Å². The zero-order valence-electron chi connectivity index (χ0n) is 13.6. The predicted octanol–water partition coefficient (Wildman–Crippen LogP) is 2.37. The van der Waals surface area contributed by atoms with Crippen LogP contribution in [0.5, 0.6) is 0 Å². The minimum atomic E-state index is 0.682. The molecule has 1 aliphatic heterocycles. The number of nitrogens with one attached hydrogen (secondary N) is 1. The molecular weight excluding hydrogens is 260 g/mol. The fourth-order valence-corrected chi connectivity index (χ4v) is 3.00. The molecule has 4 nitrogen and oxygen atoms in total. The molecule has 0 amide bonds. The lowest BCUT2D eigenvalue weighted by Crippen LogP contribution is -2.43. The van der Waals surface area contributed by atoms with Crippen LogP contribution in [0.4, 0.5) is 5.82 Å². The van der Waals surface area contributed by atoms with Gasteiger partial charge in [0.05, 0.1) is 0 Å². The second kappa shape index (κ2) is 9.00. The van der Waals surface area contributed by atoms with Crippen LogP contribution in [0, 0.1) is 0 Å². The van der Waals surface area contributed by atoms with Crippen molar-refractivity contribution < 1.29 is 0 Å². The lowest BCUT2D eigenvalue weighted by molar-refractivity contribution is 0.293. The van der Waals surface area contributed by atoms with Crippen LogP contribution < -0.4 is 10.2 Å². The molecule has 118 valence electrons. The second-order valence-corrected chi connectivity index (χ2v) is 5.78. The van der Waals surface area contributed by atoms with Crippen LogP contribution in [0.25, 0.3) is 0 Å². The molecule has 0 saturated carbocycles. The van der Waals surface area contributed by atoms with Crippen molar-refractivity contribution in [3.8, 4) is 0 Å². The number of hydrogen-bond acceptors (Lipinski definition) is 4. The van der Waals surface area contributed by atoms with Gasteiger partial charge in [-0.25, -0.2) is 4.98 Å². The van der Waals surface area contributed by atoms with E-state index in [0.717, 1.165) is 25.5 Å². The predicted molar refractivity (Wildman–Crippen MR) is 89.9 cm³/mol. The maximum absolute atomic E-state index is 4.44. The van der Waals surface area contributed by atoms with Gasteiger partial charge in [0.1, 0.15) is 5.82 Å². The summed E-state index contributed by atoms with van der Waals surface area (Å²) in [6.45, 7) is 11.4. The van der Waals surface area contributed by atoms with Crippen LogP contribution in [0.3, 0.4) is 0 Å². The summed E-state index contributed by atoms with van der Waals surface area (Å²) in [7, 11) is 0. The Kier molecular flexibility index (Phi) is 6.96. The smallest absolute Gasteiger partial charge is 0.128 e. The zero-order valence-corrected chi connectivity index (χ0v) is 13.6. The van der Waals surface area contributed by atoms with E-state index in [2.05, 4.69) is 46.1 Å². The number of rotatable bonds is 8. The van der Waals surface area contributed by atoms with E-state index >= 15 is 0 Å². The van der Waals surface area contributed by atoms with E-state index in [-0.39, 0.29) is 0 Å². The van der Waals surface area contributed by atoms with Gasteiger partial charge in [-0.05, 0) is 57.6 Å². The van der Waals surface area contributed by atoms with Crippen molar-refractivity contribution in [3.05, 3.63) is 24.4 Å². The monoisotopic (exact) mass is 290 g/mol. The summed E-state index contributed by atoms with van der Waals surface area (Å²) in [5.41, 5.74) is 0. The maximum atomic E-state index is 4.44. The molecule has 1 N–H and O–H groups in total. The summed E-state index contributed by atoms with van der Waals surface area (Å²) in [6.07, 6.45) is 5.58. The highest BCUT2D eigenvalue weighted by Gasteiger charge is 2.19. The topological polar surface area (TPSA) is 31.4 Å². The highest BCUT2D eigenvalue weighted by atomic mass is 15.2. The molecule has 0 aromatic carbocycles. The molecule has 1 aliphatic rings. The molecule has 0 radical (unpaired) electrons. The molecular formula is C17H30N4. The summed E-state index contributed by atoms with van der Waals surface area (Å²) in [4.78, 5) is 9.33. The molecule has 1 aromatic rings. The number of aromatic nitrogens is 1. The number of pyridine rings is 1. The van der Waals surface area contributed by atoms with Crippen molar-refractivity contribution in [2.45, 2.75) is 39.2 Å². The Hall–Kier alpha value is -1.13. The Labute approximate surface area is 129 Å². The highest BCUT2D eigenvalue weighted by molar-refractivity contribution is 5.38. The third-order valence-corrected chi connectivity index (χ3v) is 4.45. The lowest BCUT2D eigenvalue weighted by atomic mass is 10.0. The van der Waals surface area contributed by atoms with Crippen molar-refractivity contribution >= 4 is 5.82 Å². The van der Waals surface area contributed by atoms with E-state index in [1.54, 1.807) is 0 Å². The first kappa shape index (κ1) is 16.2. The van der Waals surface area contributed by atoms with Crippen molar-refractivity contribution in [1.29, 1.82) is 0 Å². The van der Waals surface area contributed by atoms with Crippen LogP contribution in [0.1, 0.15) is 33.1 Å². The number of nitrogens with zero attached hydrogens (tertiary/aromatic N) is 3. The Morgan fingerprint density at radius 1 is 1.24 bits per heavy atom. The molecule has 0 atom stereocenters. The van der Waals surface area contributed by atoms with Gasteiger partial charge < -0.3 is 15.1 Å². The first-order valence-corrected chi connectivity index (χ1v) is 8.45. The Morgan fingerprint density at radius 2 is 2.00 bits per heavy atom. The lowest BCUT2D eigenvalue weighted by Gasteiger charge is -2.33. The first-order chi connectivity index (χ1) is 10.3. The van der Waals surface area contributed by atoms with Crippen LogP contribution in [-0.4, -0.2) is 55.2 Å². The van der Waals surface area contributed by atoms with Gasteiger partial charge in [0, 0.05) is 25.3 Å². The van der Waals surface area contributed by atoms with Gasteiger partial charge in [-0.3, -0.25) is 0 Å². The largest absolute Gasteiger partial charge is 0.357 e. The minimum Gasteiger partial charge on any atom is -0.357 e. The molecule has 1 saturated heterocycles. The van der Waals surface area contributed by atoms with Gasteiger partial charge in [-0.2, -0.15) is 0 Å². The van der Waals surface area contributed by atoms with Crippen molar-refractivity contribution in [3.63, 3.8) is 0 Å². The van der Waals surface area contributed by atoms with Crippen LogP contribution in [0.2, 0.25) is 0 Å². The van der Waals surface area contributed by atoms with Crippen LogP contribution in [-0.2, 0) is 0 Å². The van der Waals surface area contributed by atoms with Crippen molar-refractivity contribution in [2.75, 3.05) is 44.2 Å². The summed E-state index contributed by atoms with van der Waals surface area (Å²) in [5.74, 6) is 1.12. The summed E-state index contributed by atoms with van der Waals surface area (Å²) >= 11 is 0. The van der Waals surface area contributed by atoms with E-state index in [1.165, 1.54) is 38.9 Å². The van der Waals surface area contributed by atoms with Gasteiger partial charge in [0.2, 0.25) is 0 Å². The van der Waals surface area contributed by atoms with Gasteiger partial charge in [0.15, 0.2) is 0 Å².